The number of rotatable bonds is 6. The second-order valence-electron chi connectivity index (χ2n) is 7.25. The summed E-state index contributed by atoms with van der Waals surface area (Å²) in [6.45, 7) is -0.00188. The Hall–Kier alpha value is -3.30. The van der Waals surface area contributed by atoms with Gasteiger partial charge in [0.15, 0.2) is 0 Å². The maximum absolute atomic E-state index is 12.4. The molecule has 4 aromatic rings. The smallest absolute Gasteiger partial charge is 0.338 e. The molecule has 3 heterocycles. The van der Waals surface area contributed by atoms with Gasteiger partial charge in [-0.25, -0.2) is 4.79 Å². The van der Waals surface area contributed by atoms with Crippen LogP contribution >= 0.6 is 22.7 Å². The largest absolute Gasteiger partial charge is 0.457 e. The molecular weight excluding hydrogens is 434 g/mol. The number of amides is 1. The minimum absolute atomic E-state index is 0.00188. The summed E-state index contributed by atoms with van der Waals surface area (Å²) in [6.07, 6.45) is 2.24. The summed E-state index contributed by atoms with van der Waals surface area (Å²) in [4.78, 5) is 38.2. The second-order valence-corrected chi connectivity index (χ2v) is 9.24. The molecular formula is C22H17N3O4S2. The minimum Gasteiger partial charge on any atom is -0.457 e. The van der Waals surface area contributed by atoms with Gasteiger partial charge in [-0.05, 0) is 60.2 Å². The number of carbonyl (C=O) groups excluding carboxylic acids is 2. The van der Waals surface area contributed by atoms with E-state index in [1.54, 1.807) is 30.3 Å². The number of thiophene rings is 1. The van der Waals surface area contributed by atoms with Gasteiger partial charge in [0.2, 0.25) is 0 Å². The van der Waals surface area contributed by atoms with Crippen molar-refractivity contribution in [3.05, 3.63) is 85.3 Å². The van der Waals surface area contributed by atoms with Crippen LogP contribution in [0.5, 0.6) is 0 Å². The Morgan fingerprint density at radius 2 is 1.97 bits per heavy atom. The Kier molecular flexibility index (Phi) is 5.13. The van der Waals surface area contributed by atoms with Crippen LogP contribution in [0.4, 0.5) is 5.69 Å². The van der Waals surface area contributed by atoms with Crippen molar-refractivity contribution in [2.45, 2.75) is 25.4 Å². The Labute approximate surface area is 184 Å². The predicted molar refractivity (Wildman–Crippen MR) is 119 cm³/mol. The number of benzene rings is 1. The van der Waals surface area contributed by atoms with Crippen LogP contribution in [0.1, 0.15) is 49.4 Å². The van der Waals surface area contributed by atoms with E-state index in [0.29, 0.717) is 27.6 Å². The molecule has 0 atom stereocenters. The first kappa shape index (κ1) is 19.7. The quantitative estimate of drug-likeness (QED) is 0.442. The van der Waals surface area contributed by atoms with Gasteiger partial charge in [0.05, 0.1) is 10.4 Å². The third kappa shape index (κ3) is 4.28. The standard InChI is InChI=1S/C22H17N3O4S2/c26-18-10-13(11-19-25(18)24-21(31-19)14-3-4-14)12-29-22(28)15-5-7-16(8-6-15)23-20(27)17-2-1-9-30-17/h1-2,5-11,14H,3-4,12H2,(H,23,27). The number of hydrogen-bond donors (Lipinski definition) is 1. The van der Waals surface area contributed by atoms with Crippen LogP contribution < -0.4 is 10.9 Å². The molecule has 0 aliphatic heterocycles. The molecule has 1 fully saturated rings. The van der Waals surface area contributed by atoms with Gasteiger partial charge in [-0.3, -0.25) is 9.59 Å². The molecule has 7 nitrogen and oxygen atoms in total. The normalized spacial score (nSPS) is 13.3. The average Bonchev–Trinajstić information content (AvgIpc) is 3.29. The summed E-state index contributed by atoms with van der Waals surface area (Å²) in [7, 11) is 0. The Balaban J connectivity index is 1.23. The van der Waals surface area contributed by atoms with Gasteiger partial charge in [-0.1, -0.05) is 17.4 Å². The number of anilines is 1. The van der Waals surface area contributed by atoms with Crippen LogP contribution in [0, 0.1) is 0 Å². The molecule has 3 aromatic heterocycles. The van der Waals surface area contributed by atoms with Crippen LogP contribution in [0.3, 0.4) is 0 Å². The van der Waals surface area contributed by atoms with Crippen LogP contribution in [0.25, 0.3) is 4.83 Å². The van der Waals surface area contributed by atoms with E-state index >= 15 is 0 Å². The van der Waals surface area contributed by atoms with Crippen molar-refractivity contribution in [2.24, 2.45) is 0 Å². The van der Waals surface area contributed by atoms with Crippen molar-refractivity contribution in [1.82, 2.24) is 9.61 Å². The molecule has 5 rings (SSSR count). The van der Waals surface area contributed by atoms with E-state index in [0.717, 1.165) is 22.7 Å². The molecule has 1 aromatic carbocycles. The monoisotopic (exact) mass is 451 g/mol. The van der Waals surface area contributed by atoms with E-state index in [-0.39, 0.29) is 18.1 Å². The SMILES string of the molecule is O=C(OCc1cc(=O)n2nc(C3CC3)sc2c1)c1ccc(NC(=O)c2cccs2)cc1. The molecule has 0 radical (unpaired) electrons. The molecule has 9 heteroatoms. The van der Waals surface area contributed by atoms with Crippen molar-refractivity contribution in [1.29, 1.82) is 0 Å². The number of nitrogens with one attached hydrogen (secondary N) is 1. The van der Waals surface area contributed by atoms with Gasteiger partial charge < -0.3 is 10.1 Å². The first-order chi connectivity index (χ1) is 15.1. The van der Waals surface area contributed by atoms with Crippen LogP contribution in [-0.2, 0) is 11.3 Å². The molecule has 0 unspecified atom stereocenters. The fourth-order valence-electron chi connectivity index (χ4n) is 3.09. The van der Waals surface area contributed by atoms with Crippen molar-refractivity contribution < 1.29 is 14.3 Å². The van der Waals surface area contributed by atoms with Crippen molar-refractivity contribution in [3.63, 3.8) is 0 Å². The lowest BCUT2D eigenvalue weighted by Crippen LogP contribution is -2.15. The average molecular weight is 452 g/mol. The van der Waals surface area contributed by atoms with E-state index in [1.807, 2.05) is 17.5 Å². The van der Waals surface area contributed by atoms with Gasteiger partial charge >= 0.3 is 5.97 Å². The number of hydrogen-bond acceptors (Lipinski definition) is 7. The lowest BCUT2D eigenvalue weighted by Gasteiger charge is -2.07. The van der Waals surface area contributed by atoms with E-state index in [9.17, 15) is 14.4 Å². The molecule has 1 amide bonds. The van der Waals surface area contributed by atoms with E-state index in [2.05, 4.69) is 10.4 Å². The third-order valence-electron chi connectivity index (χ3n) is 4.86. The van der Waals surface area contributed by atoms with Gasteiger partial charge in [-0.15, -0.1) is 11.3 Å². The number of ether oxygens (including phenoxy) is 1. The molecule has 1 saturated carbocycles. The molecule has 156 valence electrons. The number of aromatic nitrogens is 2. The molecule has 1 aliphatic carbocycles. The van der Waals surface area contributed by atoms with Gasteiger partial charge in [-0.2, -0.15) is 9.61 Å². The highest BCUT2D eigenvalue weighted by molar-refractivity contribution is 7.17. The summed E-state index contributed by atoms with van der Waals surface area (Å²) in [6, 6.07) is 13.3. The summed E-state index contributed by atoms with van der Waals surface area (Å²) < 4.78 is 6.79. The summed E-state index contributed by atoms with van der Waals surface area (Å²) in [5, 5.41) is 9.99. The zero-order valence-electron chi connectivity index (χ0n) is 16.2. The zero-order chi connectivity index (χ0) is 21.4. The number of nitrogens with zero attached hydrogens (tertiary/aromatic N) is 2. The van der Waals surface area contributed by atoms with Crippen molar-refractivity contribution in [2.75, 3.05) is 5.32 Å². The summed E-state index contributed by atoms with van der Waals surface area (Å²) in [5.41, 5.74) is 1.35. The predicted octanol–water partition coefficient (Wildman–Crippen LogP) is 4.30. The number of pyridine rings is 1. The van der Waals surface area contributed by atoms with Crippen LogP contribution in [-0.4, -0.2) is 21.5 Å². The minimum atomic E-state index is -0.501. The topological polar surface area (TPSA) is 89.8 Å². The highest BCUT2D eigenvalue weighted by atomic mass is 32.1. The second kappa shape index (κ2) is 8.09. The highest BCUT2D eigenvalue weighted by Crippen LogP contribution is 2.41. The van der Waals surface area contributed by atoms with Gasteiger partial charge in [0, 0.05) is 17.7 Å². The Morgan fingerprint density at radius 1 is 1.16 bits per heavy atom. The van der Waals surface area contributed by atoms with Crippen LogP contribution in [0.15, 0.2) is 58.7 Å². The number of fused-ring (bicyclic) bond motifs is 1. The lowest BCUT2D eigenvalue weighted by molar-refractivity contribution is 0.0472. The maximum Gasteiger partial charge on any atom is 0.338 e. The molecule has 0 bridgehead atoms. The first-order valence-corrected chi connectivity index (χ1v) is 11.4. The molecule has 0 spiro atoms. The highest BCUT2D eigenvalue weighted by Gasteiger charge is 2.27. The third-order valence-corrected chi connectivity index (χ3v) is 6.86. The lowest BCUT2D eigenvalue weighted by atomic mass is 10.2. The van der Waals surface area contributed by atoms with Gasteiger partial charge in [0.1, 0.15) is 16.4 Å². The summed E-state index contributed by atoms with van der Waals surface area (Å²) >= 11 is 2.87. The Bertz CT molecular complexity index is 1320. The van der Waals surface area contributed by atoms with Crippen molar-refractivity contribution >= 4 is 45.1 Å². The Morgan fingerprint density at radius 3 is 2.68 bits per heavy atom. The fraction of sp³-hybridized carbons (Fsp3) is 0.182. The molecule has 31 heavy (non-hydrogen) atoms. The van der Waals surface area contributed by atoms with Crippen molar-refractivity contribution in [3.8, 4) is 0 Å². The number of esters is 1. The summed E-state index contributed by atoms with van der Waals surface area (Å²) in [5.74, 6) is -0.220. The van der Waals surface area contributed by atoms with E-state index in [1.165, 1.54) is 33.3 Å². The number of carbonyl (C=O) groups is 2. The van der Waals surface area contributed by atoms with Gasteiger partial charge in [0.25, 0.3) is 11.5 Å². The molecule has 0 saturated heterocycles. The fourth-order valence-corrected chi connectivity index (χ4v) is 4.87. The maximum atomic E-state index is 12.4. The zero-order valence-corrected chi connectivity index (χ0v) is 17.9. The van der Waals surface area contributed by atoms with E-state index in [4.69, 9.17) is 4.74 Å². The van der Waals surface area contributed by atoms with Crippen LogP contribution in [0.2, 0.25) is 0 Å². The molecule has 1 aliphatic rings. The van der Waals surface area contributed by atoms with E-state index < -0.39 is 5.97 Å². The first-order valence-electron chi connectivity index (χ1n) is 9.71. The molecule has 1 N–H and O–H groups in total.